The molecule has 0 bridgehead atoms. The molecule has 4 nitrogen and oxygen atoms in total. The van der Waals surface area contributed by atoms with Crippen molar-refractivity contribution >= 4 is 24.8 Å². The summed E-state index contributed by atoms with van der Waals surface area (Å²) in [6.07, 6.45) is 1.49. The summed E-state index contributed by atoms with van der Waals surface area (Å²) in [7, 11) is 0. The van der Waals surface area contributed by atoms with Gasteiger partial charge < -0.3 is 22.9 Å². The zero-order chi connectivity index (χ0) is 8.57. The Kier molecular flexibility index (Phi) is 33.3. The molecule has 0 saturated heterocycles. The maximum absolute atomic E-state index is 5.07. The van der Waals surface area contributed by atoms with Crippen LogP contribution in [0, 0.1) is 0 Å². The fourth-order valence-corrected chi connectivity index (χ4v) is 0. The third-order valence-electron chi connectivity index (χ3n) is 0.943. The van der Waals surface area contributed by atoms with Crippen LogP contribution in [-0.4, -0.2) is 12.3 Å². The standard InChI is InChI=1S/2C3H10N2.2ClH/c2*1-2-3(4)5;;/h2*3H,2,4-5H2,1H3;2*1H. The Bertz CT molecular complexity index is 53.5. The van der Waals surface area contributed by atoms with Crippen molar-refractivity contribution in [1.29, 1.82) is 0 Å². The van der Waals surface area contributed by atoms with Crippen LogP contribution in [-0.2, 0) is 0 Å². The molecule has 0 amide bonds. The average molecular weight is 221 g/mol. The highest BCUT2D eigenvalue weighted by Gasteiger charge is 1.79. The molecule has 0 rings (SSSR count). The largest absolute Gasteiger partial charge is 0.316 e. The van der Waals surface area contributed by atoms with Crippen molar-refractivity contribution in [3.05, 3.63) is 0 Å². The lowest BCUT2D eigenvalue weighted by Gasteiger charge is -1.92. The van der Waals surface area contributed by atoms with E-state index in [-0.39, 0.29) is 37.1 Å². The predicted molar refractivity (Wildman–Crippen MR) is 59.4 cm³/mol. The van der Waals surface area contributed by atoms with Gasteiger partial charge in [0, 0.05) is 0 Å². The third-order valence-corrected chi connectivity index (χ3v) is 0.943. The quantitative estimate of drug-likeness (QED) is 0.497. The van der Waals surface area contributed by atoms with Gasteiger partial charge in [-0.3, -0.25) is 0 Å². The summed E-state index contributed by atoms with van der Waals surface area (Å²) in [5.41, 5.74) is 20.3. The monoisotopic (exact) mass is 220 g/mol. The van der Waals surface area contributed by atoms with E-state index in [1.807, 2.05) is 13.8 Å². The SMILES string of the molecule is CCC(N)N.CCC(N)N.Cl.Cl. The van der Waals surface area contributed by atoms with Crippen molar-refractivity contribution in [3.63, 3.8) is 0 Å². The molecule has 80 valence electrons. The van der Waals surface area contributed by atoms with E-state index in [2.05, 4.69) is 0 Å². The number of nitrogens with two attached hydrogens (primary N) is 4. The number of hydrogen-bond donors (Lipinski definition) is 4. The van der Waals surface area contributed by atoms with Crippen LogP contribution in [0.15, 0.2) is 0 Å². The first-order valence-corrected chi connectivity index (χ1v) is 3.56. The van der Waals surface area contributed by atoms with Crippen LogP contribution in [0.1, 0.15) is 26.7 Å². The lowest BCUT2D eigenvalue weighted by atomic mass is 10.4. The summed E-state index contributed by atoms with van der Waals surface area (Å²) in [6, 6.07) is 0. The Morgan fingerprint density at radius 3 is 0.833 bits per heavy atom. The second-order valence-electron chi connectivity index (χ2n) is 2.14. The van der Waals surface area contributed by atoms with Gasteiger partial charge in [-0.2, -0.15) is 0 Å². The fraction of sp³-hybridized carbons (Fsp3) is 1.00. The molecule has 0 aliphatic heterocycles. The topological polar surface area (TPSA) is 104 Å². The lowest BCUT2D eigenvalue weighted by Crippen LogP contribution is -2.28. The van der Waals surface area contributed by atoms with Gasteiger partial charge in [-0.1, -0.05) is 13.8 Å². The van der Waals surface area contributed by atoms with Gasteiger partial charge in [-0.25, -0.2) is 0 Å². The zero-order valence-corrected chi connectivity index (χ0v) is 9.33. The Hall–Kier alpha value is 0.420. The van der Waals surface area contributed by atoms with Crippen LogP contribution in [0.5, 0.6) is 0 Å². The minimum atomic E-state index is -0.116. The molecular weight excluding hydrogens is 199 g/mol. The minimum Gasteiger partial charge on any atom is -0.316 e. The first-order chi connectivity index (χ1) is 4.54. The fourth-order valence-electron chi connectivity index (χ4n) is 0. The molecule has 0 aliphatic rings. The molecule has 0 aromatic heterocycles. The van der Waals surface area contributed by atoms with Crippen molar-refractivity contribution in [1.82, 2.24) is 0 Å². The summed E-state index contributed by atoms with van der Waals surface area (Å²) in [4.78, 5) is 0. The van der Waals surface area contributed by atoms with Crippen molar-refractivity contribution in [3.8, 4) is 0 Å². The van der Waals surface area contributed by atoms with Crippen LogP contribution >= 0.6 is 24.8 Å². The van der Waals surface area contributed by atoms with E-state index >= 15 is 0 Å². The number of halogens is 2. The Labute approximate surface area is 87.2 Å². The van der Waals surface area contributed by atoms with Gasteiger partial charge in [0.1, 0.15) is 0 Å². The summed E-state index contributed by atoms with van der Waals surface area (Å²) in [5, 5.41) is 0. The maximum atomic E-state index is 5.07. The normalized spacial score (nSPS) is 8.00. The molecule has 0 unspecified atom stereocenters. The smallest absolute Gasteiger partial charge is 0.0518 e. The van der Waals surface area contributed by atoms with Gasteiger partial charge in [0.05, 0.1) is 12.3 Å². The van der Waals surface area contributed by atoms with Crippen LogP contribution in [0.4, 0.5) is 0 Å². The second-order valence-corrected chi connectivity index (χ2v) is 2.14. The van der Waals surface area contributed by atoms with E-state index < -0.39 is 0 Å². The van der Waals surface area contributed by atoms with Gasteiger partial charge in [0.25, 0.3) is 0 Å². The highest BCUT2D eigenvalue weighted by Crippen LogP contribution is 1.68. The highest BCUT2D eigenvalue weighted by atomic mass is 35.5. The molecule has 6 heteroatoms. The van der Waals surface area contributed by atoms with E-state index in [0.29, 0.717) is 0 Å². The predicted octanol–water partition coefficient (Wildman–Crippen LogP) is 0.123. The Morgan fingerprint density at radius 2 is 0.833 bits per heavy atom. The highest BCUT2D eigenvalue weighted by molar-refractivity contribution is 5.85. The van der Waals surface area contributed by atoms with Crippen molar-refractivity contribution < 1.29 is 0 Å². The van der Waals surface area contributed by atoms with Crippen LogP contribution < -0.4 is 22.9 Å². The summed E-state index contributed by atoms with van der Waals surface area (Å²) in [5.74, 6) is 0. The van der Waals surface area contributed by atoms with Gasteiger partial charge in [0.15, 0.2) is 0 Å². The van der Waals surface area contributed by atoms with Crippen molar-refractivity contribution in [2.24, 2.45) is 22.9 Å². The molecule has 12 heavy (non-hydrogen) atoms. The van der Waals surface area contributed by atoms with Crippen LogP contribution in [0.3, 0.4) is 0 Å². The molecule has 0 saturated carbocycles. The minimum absolute atomic E-state index is 0. The molecule has 0 radical (unpaired) electrons. The van der Waals surface area contributed by atoms with Gasteiger partial charge in [-0.15, -0.1) is 24.8 Å². The Morgan fingerprint density at radius 1 is 0.750 bits per heavy atom. The molecule has 0 heterocycles. The molecular formula is C6H22Cl2N4. The summed E-state index contributed by atoms with van der Waals surface area (Å²) >= 11 is 0. The number of rotatable bonds is 2. The Balaban J connectivity index is -0.0000000457. The van der Waals surface area contributed by atoms with Crippen molar-refractivity contribution in [2.45, 2.75) is 39.0 Å². The van der Waals surface area contributed by atoms with Crippen LogP contribution in [0.2, 0.25) is 0 Å². The van der Waals surface area contributed by atoms with Gasteiger partial charge in [-0.05, 0) is 12.8 Å². The average Bonchev–Trinajstić information content (AvgIpc) is 1.89. The van der Waals surface area contributed by atoms with E-state index in [4.69, 9.17) is 22.9 Å². The summed E-state index contributed by atoms with van der Waals surface area (Å²) < 4.78 is 0. The maximum Gasteiger partial charge on any atom is 0.0518 e. The molecule has 0 fully saturated rings. The molecule has 0 aromatic rings. The van der Waals surface area contributed by atoms with Crippen LogP contribution in [0.25, 0.3) is 0 Å². The molecule has 8 N–H and O–H groups in total. The first kappa shape index (κ1) is 22.8. The zero-order valence-electron chi connectivity index (χ0n) is 7.69. The summed E-state index contributed by atoms with van der Waals surface area (Å²) in [6.45, 7) is 3.90. The van der Waals surface area contributed by atoms with E-state index in [1.165, 1.54) is 0 Å². The lowest BCUT2D eigenvalue weighted by molar-refractivity contribution is 0.682. The van der Waals surface area contributed by atoms with Gasteiger partial charge >= 0.3 is 0 Å². The molecule has 0 atom stereocenters. The first-order valence-electron chi connectivity index (χ1n) is 3.56. The van der Waals surface area contributed by atoms with E-state index in [9.17, 15) is 0 Å². The van der Waals surface area contributed by atoms with E-state index in [1.54, 1.807) is 0 Å². The molecule has 0 aromatic carbocycles. The molecule has 0 aliphatic carbocycles. The van der Waals surface area contributed by atoms with Crippen molar-refractivity contribution in [2.75, 3.05) is 0 Å². The number of hydrogen-bond acceptors (Lipinski definition) is 4. The molecule has 0 spiro atoms. The third kappa shape index (κ3) is 47.3. The second kappa shape index (κ2) is 17.5. The van der Waals surface area contributed by atoms with E-state index in [0.717, 1.165) is 12.8 Å². The van der Waals surface area contributed by atoms with Gasteiger partial charge in [0.2, 0.25) is 0 Å².